The van der Waals surface area contributed by atoms with Crippen LogP contribution in [0.1, 0.15) is 32.8 Å². The number of halogens is 1. The molecule has 0 aliphatic carbocycles. The fourth-order valence-electron chi connectivity index (χ4n) is 2.64. The average molecular weight is 379 g/mol. The molecule has 2 N–H and O–H groups in total. The van der Waals surface area contributed by atoms with Gasteiger partial charge in [-0.25, -0.2) is 9.18 Å². The predicted molar refractivity (Wildman–Crippen MR) is 92.9 cm³/mol. The normalized spacial score (nSPS) is 19.2. The number of imide groups is 1. The lowest BCUT2D eigenvalue weighted by Gasteiger charge is -2.22. The second kappa shape index (κ2) is 8.15. The zero-order valence-corrected chi connectivity index (χ0v) is 15.4. The predicted octanol–water partition coefficient (Wildman–Crippen LogP) is 1.05. The molecule has 1 saturated heterocycles. The summed E-state index contributed by atoms with van der Waals surface area (Å²) in [6.45, 7) is 4.46. The molecule has 4 amide bonds. The highest BCUT2D eigenvalue weighted by Gasteiger charge is 2.49. The topological polar surface area (TPSA) is 105 Å². The SMILES string of the molecule is CC(C)OC(=O)CCNC(=O)CN1C(=O)NC(C)(c2ccc(F)cc2)C1=O. The van der Waals surface area contributed by atoms with Crippen molar-refractivity contribution in [1.82, 2.24) is 15.5 Å². The van der Waals surface area contributed by atoms with Gasteiger partial charge in [0, 0.05) is 6.54 Å². The third-order valence-electron chi connectivity index (χ3n) is 4.02. The third-order valence-corrected chi connectivity index (χ3v) is 4.02. The van der Waals surface area contributed by atoms with Crippen LogP contribution in [0.15, 0.2) is 24.3 Å². The first-order valence-corrected chi connectivity index (χ1v) is 8.50. The Hall–Kier alpha value is -2.97. The molecule has 1 fully saturated rings. The Morgan fingerprint density at radius 1 is 1.26 bits per heavy atom. The van der Waals surface area contributed by atoms with Crippen LogP contribution in [-0.4, -0.2) is 47.9 Å². The molecule has 0 spiro atoms. The van der Waals surface area contributed by atoms with Crippen LogP contribution in [0.5, 0.6) is 0 Å². The number of nitrogens with zero attached hydrogens (tertiary/aromatic N) is 1. The largest absolute Gasteiger partial charge is 0.463 e. The van der Waals surface area contributed by atoms with E-state index in [1.807, 2.05) is 0 Å². The molecular weight excluding hydrogens is 357 g/mol. The lowest BCUT2D eigenvalue weighted by atomic mass is 9.92. The first-order chi connectivity index (χ1) is 12.6. The van der Waals surface area contributed by atoms with Crippen LogP contribution in [0, 0.1) is 5.82 Å². The first-order valence-electron chi connectivity index (χ1n) is 8.50. The van der Waals surface area contributed by atoms with E-state index in [9.17, 15) is 23.6 Å². The third kappa shape index (κ3) is 4.81. The Morgan fingerprint density at radius 3 is 2.48 bits per heavy atom. The molecule has 1 aliphatic rings. The van der Waals surface area contributed by atoms with Crippen LogP contribution in [0.3, 0.4) is 0 Å². The summed E-state index contributed by atoms with van der Waals surface area (Å²) in [6.07, 6.45) is -0.263. The van der Waals surface area contributed by atoms with Crippen molar-refractivity contribution in [3.8, 4) is 0 Å². The lowest BCUT2D eigenvalue weighted by Crippen LogP contribution is -2.43. The van der Waals surface area contributed by atoms with Gasteiger partial charge in [-0.1, -0.05) is 12.1 Å². The maximum Gasteiger partial charge on any atom is 0.325 e. The van der Waals surface area contributed by atoms with Crippen LogP contribution in [0.25, 0.3) is 0 Å². The number of carbonyl (C=O) groups excluding carboxylic acids is 4. The standard InChI is InChI=1S/C18H22FN3O5/c1-11(2)27-15(24)8-9-20-14(23)10-22-16(25)18(3,21-17(22)26)12-4-6-13(19)7-5-12/h4-7,11H,8-10H2,1-3H3,(H,20,23)(H,21,26). The van der Waals surface area contributed by atoms with Gasteiger partial charge in [-0.3, -0.25) is 19.3 Å². The zero-order chi connectivity index (χ0) is 20.2. The molecule has 1 heterocycles. The number of esters is 1. The fourth-order valence-corrected chi connectivity index (χ4v) is 2.64. The van der Waals surface area contributed by atoms with Crippen molar-refractivity contribution in [3.05, 3.63) is 35.6 Å². The maximum atomic E-state index is 13.1. The van der Waals surface area contributed by atoms with Crippen molar-refractivity contribution in [2.45, 2.75) is 38.8 Å². The molecular formula is C18H22FN3O5. The minimum Gasteiger partial charge on any atom is -0.463 e. The number of urea groups is 1. The van der Waals surface area contributed by atoms with E-state index in [-0.39, 0.29) is 19.1 Å². The Morgan fingerprint density at radius 2 is 1.89 bits per heavy atom. The fraction of sp³-hybridized carbons (Fsp3) is 0.444. The molecule has 1 aromatic carbocycles. The van der Waals surface area contributed by atoms with Gasteiger partial charge in [0.15, 0.2) is 0 Å². The first kappa shape index (κ1) is 20.3. The monoisotopic (exact) mass is 379 g/mol. The molecule has 1 aliphatic heterocycles. The van der Waals surface area contributed by atoms with Crippen molar-refractivity contribution in [1.29, 1.82) is 0 Å². The number of ether oxygens (including phenoxy) is 1. The van der Waals surface area contributed by atoms with E-state index in [0.717, 1.165) is 4.90 Å². The Balaban J connectivity index is 1.94. The molecule has 2 rings (SSSR count). The Labute approximate surface area is 156 Å². The lowest BCUT2D eigenvalue weighted by molar-refractivity contribution is -0.147. The molecule has 146 valence electrons. The Kier molecular flexibility index (Phi) is 6.14. The van der Waals surface area contributed by atoms with Gasteiger partial charge < -0.3 is 15.4 Å². The number of hydrogen-bond acceptors (Lipinski definition) is 5. The molecule has 0 radical (unpaired) electrons. The summed E-state index contributed by atoms with van der Waals surface area (Å²) >= 11 is 0. The highest BCUT2D eigenvalue weighted by Crippen LogP contribution is 2.28. The highest BCUT2D eigenvalue weighted by atomic mass is 19.1. The number of hydrogen-bond donors (Lipinski definition) is 2. The summed E-state index contributed by atoms with van der Waals surface area (Å²) in [7, 11) is 0. The zero-order valence-electron chi connectivity index (χ0n) is 15.4. The van der Waals surface area contributed by atoms with E-state index in [4.69, 9.17) is 4.74 Å². The van der Waals surface area contributed by atoms with Crippen LogP contribution in [-0.2, 0) is 24.7 Å². The van der Waals surface area contributed by atoms with Crippen LogP contribution < -0.4 is 10.6 Å². The second-order valence-electron chi connectivity index (χ2n) is 6.59. The minimum atomic E-state index is -1.38. The van der Waals surface area contributed by atoms with Crippen LogP contribution in [0.4, 0.5) is 9.18 Å². The van der Waals surface area contributed by atoms with Gasteiger partial charge in [0.05, 0.1) is 12.5 Å². The van der Waals surface area contributed by atoms with Crippen molar-refractivity contribution in [2.24, 2.45) is 0 Å². The Bertz CT molecular complexity index is 750. The molecule has 1 aromatic rings. The van der Waals surface area contributed by atoms with E-state index in [2.05, 4.69) is 10.6 Å². The van der Waals surface area contributed by atoms with E-state index < -0.39 is 41.7 Å². The highest BCUT2D eigenvalue weighted by molar-refractivity contribution is 6.09. The summed E-state index contributed by atoms with van der Waals surface area (Å²) in [6, 6.07) is 4.45. The molecule has 1 atom stereocenters. The smallest absolute Gasteiger partial charge is 0.325 e. The number of carbonyl (C=O) groups is 4. The van der Waals surface area contributed by atoms with Gasteiger partial charge in [0.1, 0.15) is 17.9 Å². The maximum absolute atomic E-state index is 13.1. The molecule has 8 nitrogen and oxygen atoms in total. The number of nitrogens with one attached hydrogen (secondary N) is 2. The molecule has 27 heavy (non-hydrogen) atoms. The van der Waals surface area contributed by atoms with E-state index in [1.165, 1.54) is 31.2 Å². The summed E-state index contributed by atoms with van der Waals surface area (Å²) < 4.78 is 18.0. The molecule has 9 heteroatoms. The van der Waals surface area contributed by atoms with Crippen LogP contribution in [0.2, 0.25) is 0 Å². The van der Waals surface area contributed by atoms with Crippen molar-refractivity contribution in [2.75, 3.05) is 13.1 Å². The van der Waals surface area contributed by atoms with Gasteiger partial charge in [0.25, 0.3) is 5.91 Å². The molecule has 1 unspecified atom stereocenters. The quantitative estimate of drug-likeness (QED) is 0.544. The number of amides is 4. The average Bonchev–Trinajstić information content (AvgIpc) is 2.79. The molecule has 0 saturated carbocycles. The number of benzene rings is 1. The second-order valence-corrected chi connectivity index (χ2v) is 6.59. The van der Waals surface area contributed by atoms with E-state index in [0.29, 0.717) is 5.56 Å². The van der Waals surface area contributed by atoms with Crippen LogP contribution >= 0.6 is 0 Å². The molecule has 0 aromatic heterocycles. The van der Waals surface area contributed by atoms with E-state index >= 15 is 0 Å². The van der Waals surface area contributed by atoms with E-state index in [1.54, 1.807) is 13.8 Å². The van der Waals surface area contributed by atoms with Crippen molar-refractivity contribution < 1.29 is 28.3 Å². The summed E-state index contributed by atoms with van der Waals surface area (Å²) in [5.41, 5.74) is -0.979. The van der Waals surface area contributed by atoms with Gasteiger partial charge >= 0.3 is 12.0 Å². The minimum absolute atomic E-state index is 0.0165. The summed E-state index contributed by atoms with van der Waals surface area (Å²) in [5.74, 6) is -2.12. The van der Waals surface area contributed by atoms with Gasteiger partial charge in [-0.05, 0) is 38.5 Å². The van der Waals surface area contributed by atoms with Gasteiger partial charge in [-0.15, -0.1) is 0 Å². The summed E-state index contributed by atoms with van der Waals surface area (Å²) in [4.78, 5) is 49.0. The van der Waals surface area contributed by atoms with Crippen molar-refractivity contribution in [3.63, 3.8) is 0 Å². The van der Waals surface area contributed by atoms with Crippen molar-refractivity contribution >= 4 is 23.8 Å². The van der Waals surface area contributed by atoms with Gasteiger partial charge in [-0.2, -0.15) is 0 Å². The number of rotatable bonds is 7. The van der Waals surface area contributed by atoms with Gasteiger partial charge in [0.2, 0.25) is 5.91 Å². The molecule has 0 bridgehead atoms. The summed E-state index contributed by atoms with van der Waals surface area (Å²) in [5, 5.41) is 4.99.